The molecule has 1 saturated carbocycles. The number of nitrogens with one attached hydrogen (secondary N) is 1. The van der Waals surface area contributed by atoms with E-state index in [-0.39, 0.29) is 18.7 Å². The Kier molecular flexibility index (Phi) is 5.34. The number of carbonyl (C=O) groups is 1. The summed E-state index contributed by atoms with van der Waals surface area (Å²) in [6.07, 6.45) is 4.74. The molecule has 2 fully saturated rings. The van der Waals surface area contributed by atoms with Gasteiger partial charge in [0.25, 0.3) is 0 Å². The Morgan fingerprint density at radius 3 is 2.74 bits per heavy atom. The third-order valence-corrected chi connectivity index (χ3v) is 4.86. The molecule has 4 nitrogen and oxygen atoms in total. The lowest BCUT2D eigenvalue weighted by Gasteiger charge is -2.30. The zero-order valence-corrected chi connectivity index (χ0v) is 13.6. The van der Waals surface area contributed by atoms with Gasteiger partial charge in [0.1, 0.15) is 6.61 Å². The summed E-state index contributed by atoms with van der Waals surface area (Å²) in [4.78, 5) is 14.4. The minimum Gasteiger partial charge on any atom is -0.445 e. The molecule has 1 aliphatic heterocycles. The molecular formula is C19H26N2O2. The van der Waals surface area contributed by atoms with E-state index in [0.29, 0.717) is 11.8 Å². The number of rotatable bonds is 6. The van der Waals surface area contributed by atoms with Crippen LogP contribution in [-0.2, 0) is 4.74 Å². The van der Waals surface area contributed by atoms with E-state index in [4.69, 9.17) is 4.74 Å². The molecule has 124 valence electrons. The van der Waals surface area contributed by atoms with Crippen molar-refractivity contribution >= 4 is 6.09 Å². The van der Waals surface area contributed by atoms with E-state index < -0.39 is 0 Å². The Bertz CT molecular complexity index is 525. The van der Waals surface area contributed by atoms with Crippen LogP contribution in [-0.4, -0.2) is 43.3 Å². The van der Waals surface area contributed by atoms with Gasteiger partial charge >= 0.3 is 6.09 Å². The van der Waals surface area contributed by atoms with Gasteiger partial charge in [0.15, 0.2) is 0 Å². The summed E-state index contributed by atoms with van der Waals surface area (Å²) in [7, 11) is 0. The molecule has 0 spiro atoms. The van der Waals surface area contributed by atoms with Crippen LogP contribution < -0.4 is 5.32 Å². The fraction of sp³-hybridized carbons (Fsp3) is 0.526. The fourth-order valence-electron chi connectivity index (χ4n) is 3.49. The van der Waals surface area contributed by atoms with E-state index >= 15 is 0 Å². The highest BCUT2D eigenvalue weighted by atomic mass is 16.6. The minimum atomic E-state index is -0.188. The second kappa shape index (κ2) is 7.64. The van der Waals surface area contributed by atoms with Crippen molar-refractivity contribution in [3.63, 3.8) is 0 Å². The molecule has 0 radical (unpaired) electrons. The minimum absolute atomic E-state index is 0.188. The molecule has 2 atom stereocenters. The van der Waals surface area contributed by atoms with Gasteiger partial charge in [-0.2, -0.15) is 0 Å². The summed E-state index contributed by atoms with van der Waals surface area (Å²) >= 11 is 0. The predicted molar refractivity (Wildman–Crippen MR) is 91.4 cm³/mol. The molecule has 2 aliphatic rings. The number of hydrogen-bond donors (Lipinski definition) is 1. The van der Waals surface area contributed by atoms with Gasteiger partial charge in [0.05, 0.1) is 0 Å². The number of nitrogens with zero attached hydrogens (tertiary/aromatic N) is 1. The maximum absolute atomic E-state index is 12.5. The quantitative estimate of drug-likeness (QED) is 0.820. The zero-order chi connectivity index (χ0) is 16.1. The molecule has 1 N–H and O–H groups in total. The van der Waals surface area contributed by atoms with Gasteiger partial charge in [-0.25, -0.2) is 4.79 Å². The summed E-state index contributed by atoms with van der Waals surface area (Å²) in [5.74, 6) is 1.03. The molecule has 1 aromatic carbocycles. The smallest absolute Gasteiger partial charge is 0.410 e. The maximum Gasteiger partial charge on any atom is 0.410 e. The second-order valence-electron chi connectivity index (χ2n) is 6.53. The van der Waals surface area contributed by atoms with Crippen molar-refractivity contribution in [1.82, 2.24) is 10.2 Å². The highest BCUT2D eigenvalue weighted by Crippen LogP contribution is 2.45. The van der Waals surface area contributed by atoms with E-state index in [1.54, 1.807) is 6.08 Å². The van der Waals surface area contributed by atoms with Crippen molar-refractivity contribution in [2.45, 2.75) is 31.2 Å². The first-order valence-electron chi connectivity index (χ1n) is 8.59. The van der Waals surface area contributed by atoms with Crippen molar-refractivity contribution in [1.29, 1.82) is 0 Å². The van der Waals surface area contributed by atoms with Crippen molar-refractivity contribution in [3.8, 4) is 0 Å². The van der Waals surface area contributed by atoms with Crippen LogP contribution in [0.4, 0.5) is 4.79 Å². The SMILES string of the molecule is C=CCOC(=O)N(CC1CCNCC1)C1CC1c1ccccc1. The third kappa shape index (κ3) is 4.14. The van der Waals surface area contributed by atoms with Crippen LogP contribution in [0.3, 0.4) is 0 Å². The van der Waals surface area contributed by atoms with Gasteiger partial charge in [0, 0.05) is 18.5 Å². The average Bonchev–Trinajstić information content (AvgIpc) is 3.40. The number of carbonyl (C=O) groups excluding carboxylic acids is 1. The van der Waals surface area contributed by atoms with Gasteiger partial charge < -0.3 is 15.0 Å². The Morgan fingerprint density at radius 1 is 1.30 bits per heavy atom. The highest BCUT2D eigenvalue weighted by molar-refractivity contribution is 5.69. The molecule has 1 aliphatic carbocycles. The molecule has 1 amide bonds. The van der Waals surface area contributed by atoms with Crippen molar-refractivity contribution in [2.75, 3.05) is 26.2 Å². The lowest BCUT2D eigenvalue weighted by molar-refractivity contribution is 0.0983. The number of benzene rings is 1. The summed E-state index contributed by atoms with van der Waals surface area (Å²) < 4.78 is 5.33. The van der Waals surface area contributed by atoms with Crippen LogP contribution >= 0.6 is 0 Å². The number of piperidine rings is 1. The molecule has 3 rings (SSSR count). The number of hydrogen-bond acceptors (Lipinski definition) is 3. The Hall–Kier alpha value is -1.81. The van der Waals surface area contributed by atoms with Crippen LogP contribution in [0.1, 0.15) is 30.7 Å². The number of ether oxygens (including phenoxy) is 1. The van der Waals surface area contributed by atoms with E-state index in [1.165, 1.54) is 5.56 Å². The molecule has 23 heavy (non-hydrogen) atoms. The average molecular weight is 314 g/mol. The van der Waals surface area contributed by atoms with Crippen molar-refractivity contribution in [3.05, 3.63) is 48.6 Å². The molecule has 0 bridgehead atoms. The van der Waals surface area contributed by atoms with Gasteiger partial charge in [-0.05, 0) is 43.8 Å². The van der Waals surface area contributed by atoms with E-state index in [0.717, 1.165) is 38.9 Å². The normalized spacial score (nSPS) is 24.0. The number of amides is 1. The molecule has 2 unspecified atom stereocenters. The van der Waals surface area contributed by atoms with Gasteiger partial charge in [-0.3, -0.25) is 0 Å². The molecule has 1 saturated heterocycles. The predicted octanol–water partition coefficient (Wildman–Crippen LogP) is 3.17. The Labute approximate surface area is 138 Å². The highest BCUT2D eigenvalue weighted by Gasteiger charge is 2.45. The lowest BCUT2D eigenvalue weighted by Crippen LogP contribution is -2.41. The third-order valence-electron chi connectivity index (χ3n) is 4.86. The van der Waals surface area contributed by atoms with E-state index in [2.05, 4.69) is 36.2 Å². The maximum atomic E-state index is 12.5. The van der Waals surface area contributed by atoms with Crippen LogP contribution in [0.25, 0.3) is 0 Å². The Morgan fingerprint density at radius 2 is 2.04 bits per heavy atom. The van der Waals surface area contributed by atoms with Crippen LogP contribution in [0.15, 0.2) is 43.0 Å². The lowest BCUT2D eigenvalue weighted by atomic mass is 9.97. The van der Waals surface area contributed by atoms with E-state index in [1.807, 2.05) is 11.0 Å². The van der Waals surface area contributed by atoms with E-state index in [9.17, 15) is 4.79 Å². The summed E-state index contributed by atoms with van der Waals surface area (Å²) in [6, 6.07) is 10.8. The molecular weight excluding hydrogens is 288 g/mol. The van der Waals surface area contributed by atoms with Crippen molar-refractivity contribution in [2.24, 2.45) is 5.92 Å². The largest absolute Gasteiger partial charge is 0.445 e. The first-order valence-corrected chi connectivity index (χ1v) is 8.59. The monoisotopic (exact) mass is 314 g/mol. The first-order chi connectivity index (χ1) is 11.3. The van der Waals surface area contributed by atoms with Gasteiger partial charge in [-0.1, -0.05) is 43.0 Å². The van der Waals surface area contributed by atoms with Crippen LogP contribution in [0, 0.1) is 5.92 Å². The van der Waals surface area contributed by atoms with Crippen LogP contribution in [0.2, 0.25) is 0 Å². The molecule has 1 heterocycles. The fourth-order valence-corrected chi connectivity index (χ4v) is 3.49. The van der Waals surface area contributed by atoms with Gasteiger partial charge in [0.2, 0.25) is 0 Å². The van der Waals surface area contributed by atoms with Gasteiger partial charge in [-0.15, -0.1) is 0 Å². The summed E-state index contributed by atoms with van der Waals surface area (Å²) in [5, 5.41) is 3.38. The van der Waals surface area contributed by atoms with Crippen molar-refractivity contribution < 1.29 is 9.53 Å². The molecule has 0 aromatic heterocycles. The summed E-state index contributed by atoms with van der Waals surface area (Å²) in [5.41, 5.74) is 1.32. The zero-order valence-electron chi connectivity index (χ0n) is 13.6. The Balaban J connectivity index is 1.65. The summed E-state index contributed by atoms with van der Waals surface area (Å²) in [6.45, 7) is 6.82. The first kappa shape index (κ1) is 16.1. The molecule has 1 aromatic rings. The topological polar surface area (TPSA) is 41.6 Å². The molecule has 4 heteroatoms. The van der Waals surface area contributed by atoms with Crippen LogP contribution in [0.5, 0.6) is 0 Å². The second-order valence-corrected chi connectivity index (χ2v) is 6.53. The standard InChI is InChI=1S/C19H26N2O2/c1-2-12-23-19(22)21(14-15-8-10-20-11-9-15)18-13-17(18)16-6-4-3-5-7-16/h2-7,15,17-18,20H,1,8-14H2.